The van der Waals surface area contributed by atoms with Crippen LogP contribution in [0.2, 0.25) is 0 Å². The fourth-order valence-corrected chi connectivity index (χ4v) is 3.07. The standard InChI is InChI=1S/C15H24N4O2.ClH/c1-19-9-11(14(17)20)7-13(19)15(21)18-12(8-16)10-5-3-2-4-6-10;/h7,9-10,12H,2-6,8,16H2,1H3,(H2,17,20)(H,18,21);1H. The maximum absolute atomic E-state index is 12.4. The number of hydrogen-bond acceptors (Lipinski definition) is 3. The number of primary amides is 1. The van der Waals surface area contributed by atoms with Gasteiger partial charge < -0.3 is 21.4 Å². The van der Waals surface area contributed by atoms with Crippen molar-refractivity contribution in [3.8, 4) is 0 Å². The molecule has 0 aromatic carbocycles. The topological polar surface area (TPSA) is 103 Å². The average Bonchev–Trinajstić information content (AvgIpc) is 2.88. The molecule has 2 rings (SSSR count). The van der Waals surface area contributed by atoms with Gasteiger partial charge in [-0.15, -0.1) is 12.4 Å². The number of carbonyl (C=O) groups is 2. The molecule has 22 heavy (non-hydrogen) atoms. The van der Waals surface area contributed by atoms with Crippen LogP contribution in [0.15, 0.2) is 12.3 Å². The minimum Gasteiger partial charge on any atom is -0.366 e. The second kappa shape index (κ2) is 8.19. The Morgan fingerprint density at radius 2 is 2.00 bits per heavy atom. The molecular weight excluding hydrogens is 304 g/mol. The highest BCUT2D eigenvalue weighted by Crippen LogP contribution is 2.26. The molecule has 1 saturated carbocycles. The molecule has 5 N–H and O–H groups in total. The summed E-state index contributed by atoms with van der Waals surface area (Å²) in [6, 6.07) is 1.51. The number of amides is 2. The fourth-order valence-electron chi connectivity index (χ4n) is 3.07. The Morgan fingerprint density at radius 3 is 2.50 bits per heavy atom. The Bertz CT molecular complexity index is 524. The van der Waals surface area contributed by atoms with Crippen LogP contribution < -0.4 is 16.8 Å². The third-order valence-electron chi connectivity index (χ3n) is 4.31. The SMILES string of the molecule is Cl.Cn1cc(C(N)=O)cc1C(=O)NC(CN)C1CCCCC1. The summed E-state index contributed by atoms with van der Waals surface area (Å²) in [6.45, 7) is 0.434. The van der Waals surface area contributed by atoms with Gasteiger partial charge in [-0.1, -0.05) is 19.3 Å². The van der Waals surface area contributed by atoms with Gasteiger partial charge in [0.05, 0.1) is 5.56 Å². The maximum atomic E-state index is 12.4. The minimum atomic E-state index is -0.535. The van der Waals surface area contributed by atoms with E-state index >= 15 is 0 Å². The first-order valence-electron chi connectivity index (χ1n) is 7.50. The summed E-state index contributed by atoms with van der Waals surface area (Å²) in [5, 5.41) is 3.01. The van der Waals surface area contributed by atoms with Crippen molar-refractivity contribution in [2.75, 3.05) is 6.54 Å². The molecule has 7 heteroatoms. The second-order valence-electron chi connectivity index (χ2n) is 5.80. The number of aryl methyl sites for hydroxylation is 1. The molecule has 1 atom stereocenters. The highest BCUT2D eigenvalue weighted by atomic mass is 35.5. The number of halogens is 1. The number of nitrogens with one attached hydrogen (secondary N) is 1. The predicted molar refractivity (Wildman–Crippen MR) is 88.1 cm³/mol. The molecule has 1 aromatic rings. The van der Waals surface area contributed by atoms with E-state index in [1.807, 2.05) is 0 Å². The summed E-state index contributed by atoms with van der Waals surface area (Å²) in [4.78, 5) is 23.5. The summed E-state index contributed by atoms with van der Waals surface area (Å²) in [5.74, 6) is -0.290. The zero-order valence-corrected chi connectivity index (χ0v) is 13.7. The van der Waals surface area contributed by atoms with Crippen molar-refractivity contribution in [3.05, 3.63) is 23.5 Å². The van der Waals surface area contributed by atoms with Crippen LogP contribution in [-0.2, 0) is 7.05 Å². The van der Waals surface area contributed by atoms with Gasteiger partial charge in [-0.2, -0.15) is 0 Å². The van der Waals surface area contributed by atoms with Gasteiger partial charge in [0.25, 0.3) is 5.91 Å². The molecule has 1 unspecified atom stereocenters. The van der Waals surface area contributed by atoms with E-state index < -0.39 is 5.91 Å². The summed E-state index contributed by atoms with van der Waals surface area (Å²) in [7, 11) is 1.72. The Balaban J connectivity index is 0.00000242. The molecule has 0 aliphatic heterocycles. The van der Waals surface area contributed by atoms with Gasteiger partial charge in [0.2, 0.25) is 5.91 Å². The zero-order valence-electron chi connectivity index (χ0n) is 12.9. The molecule has 0 radical (unpaired) electrons. The zero-order chi connectivity index (χ0) is 15.4. The van der Waals surface area contributed by atoms with Gasteiger partial charge in [-0.25, -0.2) is 0 Å². The van der Waals surface area contributed by atoms with Crippen LogP contribution in [0.25, 0.3) is 0 Å². The van der Waals surface area contributed by atoms with Crippen LogP contribution in [0.4, 0.5) is 0 Å². The van der Waals surface area contributed by atoms with E-state index in [0.29, 0.717) is 23.7 Å². The van der Waals surface area contributed by atoms with Gasteiger partial charge in [0.15, 0.2) is 0 Å². The van der Waals surface area contributed by atoms with Crippen molar-refractivity contribution < 1.29 is 9.59 Å². The lowest BCUT2D eigenvalue weighted by molar-refractivity contribution is 0.0907. The van der Waals surface area contributed by atoms with Crippen LogP contribution in [-0.4, -0.2) is 29.0 Å². The van der Waals surface area contributed by atoms with Gasteiger partial charge in [-0.3, -0.25) is 9.59 Å². The van der Waals surface area contributed by atoms with Crippen molar-refractivity contribution in [2.45, 2.75) is 38.1 Å². The van der Waals surface area contributed by atoms with Crippen molar-refractivity contribution in [1.29, 1.82) is 0 Å². The molecule has 124 valence electrons. The van der Waals surface area contributed by atoms with Crippen LogP contribution >= 0.6 is 12.4 Å². The largest absolute Gasteiger partial charge is 0.366 e. The molecule has 1 aliphatic carbocycles. The predicted octanol–water partition coefficient (Wildman–Crippen LogP) is 1.18. The molecule has 6 nitrogen and oxygen atoms in total. The van der Waals surface area contributed by atoms with Crippen molar-refractivity contribution >= 4 is 24.2 Å². The first-order chi connectivity index (χ1) is 10.0. The molecule has 2 amide bonds. The Morgan fingerprint density at radius 1 is 1.36 bits per heavy atom. The second-order valence-corrected chi connectivity index (χ2v) is 5.80. The highest BCUT2D eigenvalue weighted by molar-refractivity contribution is 5.98. The van der Waals surface area contributed by atoms with Gasteiger partial charge in [-0.05, 0) is 24.8 Å². The Kier molecular flexibility index (Phi) is 6.90. The minimum absolute atomic E-state index is 0. The van der Waals surface area contributed by atoms with Gasteiger partial charge in [0, 0.05) is 25.8 Å². The summed E-state index contributed by atoms with van der Waals surface area (Å²) in [6.07, 6.45) is 7.46. The monoisotopic (exact) mass is 328 g/mol. The molecule has 1 aliphatic rings. The van der Waals surface area contributed by atoms with Gasteiger partial charge in [0.1, 0.15) is 5.69 Å². The first-order valence-corrected chi connectivity index (χ1v) is 7.50. The molecule has 1 aromatic heterocycles. The lowest BCUT2D eigenvalue weighted by Gasteiger charge is -2.30. The molecule has 1 fully saturated rings. The van der Waals surface area contributed by atoms with Crippen LogP contribution in [0.1, 0.15) is 53.0 Å². The first kappa shape index (κ1) is 18.5. The number of nitrogens with two attached hydrogens (primary N) is 2. The number of carbonyl (C=O) groups excluding carboxylic acids is 2. The third-order valence-corrected chi connectivity index (χ3v) is 4.31. The van der Waals surface area contributed by atoms with E-state index in [-0.39, 0.29) is 24.4 Å². The smallest absolute Gasteiger partial charge is 0.268 e. The Labute approximate surface area is 137 Å². The third kappa shape index (κ3) is 4.24. The van der Waals surface area contributed by atoms with E-state index in [4.69, 9.17) is 11.5 Å². The van der Waals surface area contributed by atoms with Crippen LogP contribution in [0, 0.1) is 5.92 Å². The van der Waals surface area contributed by atoms with Crippen molar-refractivity contribution in [3.63, 3.8) is 0 Å². The van der Waals surface area contributed by atoms with Crippen molar-refractivity contribution in [2.24, 2.45) is 24.4 Å². The lowest BCUT2D eigenvalue weighted by Crippen LogP contribution is -2.46. The normalized spacial score (nSPS) is 16.6. The number of rotatable bonds is 5. The van der Waals surface area contributed by atoms with Gasteiger partial charge >= 0.3 is 0 Å². The molecule has 0 saturated heterocycles. The van der Waals surface area contributed by atoms with E-state index in [9.17, 15) is 9.59 Å². The Hall–Kier alpha value is -1.53. The number of hydrogen-bond donors (Lipinski definition) is 3. The number of aromatic nitrogens is 1. The molecular formula is C15H25ClN4O2. The summed E-state index contributed by atoms with van der Waals surface area (Å²) in [5.41, 5.74) is 11.8. The van der Waals surface area contributed by atoms with E-state index in [1.165, 1.54) is 25.3 Å². The maximum Gasteiger partial charge on any atom is 0.268 e. The van der Waals surface area contributed by atoms with Crippen LogP contribution in [0.3, 0.4) is 0 Å². The van der Waals surface area contributed by atoms with Crippen molar-refractivity contribution in [1.82, 2.24) is 9.88 Å². The summed E-state index contributed by atoms with van der Waals surface area (Å²) >= 11 is 0. The highest BCUT2D eigenvalue weighted by Gasteiger charge is 2.25. The van der Waals surface area contributed by atoms with E-state index in [2.05, 4.69) is 5.32 Å². The number of nitrogens with zero attached hydrogens (tertiary/aromatic N) is 1. The average molecular weight is 329 g/mol. The molecule has 0 bridgehead atoms. The fraction of sp³-hybridized carbons (Fsp3) is 0.600. The quantitative estimate of drug-likeness (QED) is 0.756. The van der Waals surface area contributed by atoms with E-state index in [0.717, 1.165) is 12.8 Å². The lowest BCUT2D eigenvalue weighted by atomic mass is 9.84. The molecule has 0 spiro atoms. The molecule has 1 heterocycles. The van der Waals surface area contributed by atoms with Crippen LogP contribution in [0.5, 0.6) is 0 Å². The van der Waals surface area contributed by atoms with E-state index in [1.54, 1.807) is 17.8 Å². The summed E-state index contributed by atoms with van der Waals surface area (Å²) < 4.78 is 1.61.